The Labute approximate surface area is 201 Å². The van der Waals surface area contributed by atoms with Gasteiger partial charge in [-0.3, -0.25) is 10.9 Å². The van der Waals surface area contributed by atoms with Crippen LogP contribution in [0.2, 0.25) is 0 Å². The first-order valence-corrected chi connectivity index (χ1v) is 11.0. The van der Waals surface area contributed by atoms with E-state index in [0.29, 0.717) is 23.0 Å². The van der Waals surface area contributed by atoms with Crippen LogP contribution in [0.3, 0.4) is 0 Å². The van der Waals surface area contributed by atoms with E-state index in [0.717, 1.165) is 18.3 Å². The largest absolute Gasteiger partial charge is 0.307 e. The lowest BCUT2D eigenvalue weighted by atomic mass is 9.83. The zero-order valence-corrected chi connectivity index (χ0v) is 20.6. The van der Waals surface area contributed by atoms with E-state index in [1.807, 2.05) is 17.3 Å². The molecule has 0 aromatic carbocycles. The third-order valence-electron chi connectivity index (χ3n) is 5.69. The summed E-state index contributed by atoms with van der Waals surface area (Å²) in [6.07, 6.45) is 10.2. The van der Waals surface area contributed by atoms with Crippen molar-refractivity contribution in [2.24, 2.45) is 26.6 Å². The second-order valence-electron chi connectivity index (χ2n) is 8.91. The van der Waals surface area contributed by atoms with Crippen LogP contribution in [-0.4, -0.2) is 35.4 Å². The van der Waals surface area contributed by atoms with Gasteiger partial charge in [-0.1, -0.05) is 39.8 Å². The quantitative estimate of drug-likeness (QED) is 0.366. The molecule has 1 aliphatic carbocycles. The van der Waals surface area contributed by atoms with E-state index < -0.39 is 0 Å². The van der Waals surface area contributed by atoms with Crippen molar-refractivity contribution in [3.05, 3.63) is 53.0 Å². The van der Waals surface area contributed by atoms with Gasteiger partial charge in [-0.05, 0) is 48.3 Å². The summed E-state index contributed by atoms with van der Waals surface area (Å²) in [5.41, 5.74) is 11.4. The number of aromatic nitrogens is 1. The zero-order valence-electron chi connectivity index (χ0n) is 20.6. The summed E-state index contributed by atoms with van der Waals surface area (Å²) >= 11 is 0. The van der Waals surface area contributed by atoms with E-state index in [4.69, 9.17) is 10.7 Å². The smallest absolute Gasteiger partial charge is 0.164 e. The molecule has 3 rings (SSSR count). The molecule has 9 heteroatoms. The van der Waals surface area contributed by atoms with Crippen molar-refractivity contribution in [2.45, 2.75) is 47.5 Å². The second kappa shape index (κ2) is 11.7. The Balaban J connectivity index is 0.000000242. The Morgan fingerprint density at radius 3 is 2.74 bits per heavy atom. The van der Waals surface area contributed by atoms with Crippen LogP contribution in [0.25, 0.3) is 0 Å². The highest BCUT2D eigenvalue weighted by Gasteiger charge is 2.36. The van der Waals surface area contributed by atoms with Crippen LogP contribution in [0.1, 0.15) is 53.0 Å². The first-order valence-electron chi connectivity index (χ1n) is 11.0. The molecule has 0 bridgehead atoms. The van der Waals surface area contributed by atoms with E-state index in [-0.39, 0.29) is 5.41 Å². The maximum absolute atomic E-state index is 8.87. The number of pyridine rings is 1. The zero-order chi connectivity index (χ0) is 25.3. The number of nitrogens with one attached hydrogen (secondary N) is 3. The van der Waals surface area contributed by atoms with Crippen molar-refractivity contribution >= 4 is 36.9 Å². The van der Waals surface area contributed by atoms with Gasteiger partial charge in [0, 0.05) is 19.1 Å². The lowest BCUT2D eigenvalue weighted by molar-refractivity contribution is 0.409. The molecule has 0 saturated carbocycles. The standard InChI is InChI=1S/C16H24N2.C9H9N7/c1-11(2)12(3)10-18-13(4)15-14(9-17-18)7-8-16(15,5)6;1-12-15-8-4-7(5-11)9(13-6-8)16-14-3-2-10/h9-11H,4,7-8H2,1-3,5-6H3;2-4,6,10,15H,1H2,(H,13,16)/b12-10+;10-2?,14-3-. The van der Waals surface area contributed by atoms with Crippen LogP contribution < -0.4 is 10.9 Å². The molecule has 34 heavy (non-hydrogen) atoms. The Bertz CT molecular complexity index is 1100. The van der Waals surface area contributed by atoms with Gasteiger partial charge in [0.1, 0.15) is 6.07 Å². The molecule has 0 saturated heterocycles. The van der Waals surface area contributed by atoms with Crippen LogP contribution in [0.15, 0.2) is 62.8 Å². The molecule has 2 aliphatic rings. The van der Waals surface area contributed by atoms with E-state index in [1.54, 1.807) is 6.07 Å². The number of hydrogen-bond acceptors (Lipinski definition) is 9. The second-order valence-corrected chi connectivity index (χ2v) is 8.91. The van der Waals surface area contributed by atoms with Crippen LogP contribution in [0, 0.1) is 28.1 Å². The van der Waals surface area contributed by atoms with Gasteiger partial charge in [0.15, 0.2) is 5.82 Å². The summed E-state index contributed by atoms with van der Waals surface area (Å²) in [7, 11) is 0. The Hall–Kier alpha value is -4.06. The van der Waals surface area contributed by atoms with Crippen molar-refractivity contribution in [3.63, 3.8) is 0 Å². The number of rotatable bonds is 7. The predicted molar refractivity (Wildman–Crippen MR) is 141 cm³/mol. The summed E-state index contributed by atoms with van der Waals surface area (Å²) in [5, 5.41) is 29.2. The number of nitriles is 1. The maximum Gasteiger partial charge on any atom is 0.164 e. The third kappa shape index (κ3) is 6.48. The summed E-state index contributed by atoms with van der Waals surface area (Å²) < 4.78 is 0. The number of hydrazone groups is 3. The number of hydrogen-bond donors (Lipinski definition) is 3. The van der Waals surface area contributed by atoms with Gasteiger partial charge in [-0.25, -0.2) is 9.99 Å². The topological polar surface area (TPSA) is 125 Å². The molecule has 1 aromatic heterocycles. The van der Waals surface area contributed by atoms with Crippen molar-refractivity contribution < 1.29 is 0 Å². The Morgan fingerprint density at radius 2 is 2.12 bits per heavy atom. The fourth-order valence-electron chi connectivity index (χ4n) is 3.53. The molecule has 0 radical (unpaired) electrons. The monoisotopic (exact) mass is 459 g/mol. The molecule has 3 N–H and O–H groups in total. The van der Waals surface area contributed by atoms with Crippen molar-refractivity contribution in [1.29, 1.82) is 10.7 Å². The molecule has 1 aliphatic heterocycles. The molecular formula is C25H33N9. The average Bonchev–Trinajstić information content (AvgIpc) is 3.12. The van der Waals surface area contributed by atoms with E-state index >= 15 is 0 Å². The minimum atomic E-state index is 0.233. The van der Waals surface area contributed by atoms with Crippen molar-refractivity contribution in [3.8, 4) is 6.07 Å². The number of nitrogens with zero attached hydrogens (tertiary/aromatic N) is 6. The molecule has 0 fully saturated rings. The fourth-order valence-corrected chi connectivity index (χ4v) is 3.53. The average molecular weight is 460 g/mol. The molecule has 0 unspecified atom stereocenters. The van der Waals surface area contributed by atoms with Crippen molar-refractivity contribution in [2.75, 3.05) is 10.9 Å². The van der Waals surface area contributed by atoms with Gasteiger partial charge < -0.3 is 5.41 Å². The van der Waals surface area contributed by atoms with E-state index in [1.165, 1.54) is 35.6 Å². The lowest BCUT2D eigenvalue weighted by Gasteiger charge is -2.31. The van der Waals surface area contributed by atoms with Crippen LogP contribution in [0.4, 0.5) is 11.5 Å². The minimum absolute atomic E-state index is 0.233. The molecule has 9 nitrogen and oxygen atoms in total. The molecule has 0 amide bonds. The first kappa shape index (κ1) is 26.2. The molecule has 0 atom stereocenters. The highest BCUT2D eigenvalue weighted by molar-refractivity contribution is 6.14. The van der Waals surface area contributed by atoms with Crippen LogP contribution in [-0.2, 0) is 0 Å². The highest BCUT2D eigenvalue weighted by Crippen LogP contribution is 2.47. The molecule has 0 spiro atoms. The molecule has 2 heterocycles. The van der Waals surface area contributed by atoms with Gasteiger partial charge in [0.25, 0.3) is 0 Å². The molecule has 178 valence electrons. The third-order valence-corrected chi connectivity index (χ3v) is 5.69. The summed E-state index contributed by atoms with van der Waals surface area (Å²) in [4.78, 5) is 3.97. The SMILES string of the molecule is C=C1C2=C(C=NN1/C=C(\C)C(C)C)CCC2(C)C.C=NNc1cnc(N/N=C\C=N)c(C#N)c1. The van der Waals surface area contributed by atoms with Gasteiger partial charge in [0.05, 0.1) is 35.6 Å². The van der Waals surface area contributed by atoms with Crippen LogP contribution in [0.5, 0.6) is 0 Å². The van der Waals surface area contributed by atoms with Crippen LogP contribution >= 0.6 is 0 Å². The molecular weight excluding hydrogens is 426 g/mol. The van der Waals surface area contributed by atoms with Gasteiger partial charge in [0.2, 0.25) is 0 Å². The Kier molecular flexibility index (Phi) is 9.01. The lowest BCUT2D eigenvalue weighted by Crippen LogP contribution is -2.22. The number of allylic oxidation sites excluding steroid dienone is 3. The van der Waals surface area contributed by atoms with Gasteiger partial charge >= 0.3 is 0 Å². The van der Waals surface area contributed by atoms with Gasteiger partial charge in [-0.15, -0.1) is 0 Å². The maximum atomic E-state index is 8.87. The Morgan fingerprint density at radius 1 is 1.38 bits per heavy atom. The minimum Gasteiger partial charge on any atom is -0.307 e. The highest BCUT2D eigenvalue weighted by atomic mass is 15.4. The predicted octanol–water partition coefficient (Wildman–Crippen LogP) is 5.51. The number of anilines is 2. The normalized spacial score (nSPS) is 16.7. The summed E-state index contributed by atoms with van der Waals surface area (Å²) in [6, 6.07) is 3.52. The van der Waals surface area contributed by atoms with Crippen molar-refractivity contribution in [1.82, 2.24) is 9.99 Å². The fraction of sp³-hybridized carbons (Fsp3) is 0.360. The summed E-state index contributed by atoms with van der Waals surface area (Å²) in [5.74, 6) is 0.857. The summed E-state index contributed by atoms with van der Waals surface area (Å²) in [6.45, 7) is 18.7. The van der Waals surface area contributed by atoms with Gasteiger partial charge in [-0.2, -0.15) is 20.6 Å². The van der Waals surface area contributed by atoms with E-state index in [9.17, 15) is 0 Å². The van der Waals surface area contributed by atoms with E-state index in [2.05, 4.69) is 85.3 Å². The first-order chi connectivity index (χ1) is 16.1. The molecule has 1 aromatic rings.